The Bertz CT molecular complexity index is 244. The lowest BCUT2D eigenvalue weighted by Gasteiger charge is -2.04. The van der Waals surface area contributed by atoms with Crippen LogP contribution in [0.5, 0.6) is 0 Å². The number of nitrogens with zero attached hydrogens (tertiary/aromatic N) is 1. The van der Waals surface area contributed by atoms with E-state index in [9.17, 15) is 9.59 Å². The van der Waals surface area contributed by atoms with Gasteiger partial charge in [0.1, 0.15) is 0 Å². The number of hydrogen-bond donors (Lipinski definition) is 1. The first kappa shape index (κ1) is 7.39. The molecule has 10 heavy (non-hydrogen) atoms. The Morgan fingerprint density at radius 1 is 1.60 bits per heavy atom. The number of urea groups is 1. The predicted octanol–water partition coefficient (Wildman–Crippen LogP) is 0.626. The molecule has 3 amide bonds. The first-order valence-corrected chi connectivity index (χ1v) is 3.68. The van der Waals surface area contributed by atoms with Gasteiger partial charge < -0.3 is 0 Å². The van der Waals surface area contributed by atoms with Crippen LogP contribution in [0.3, 0.4) is 0 Å². The third-order valence-electron chi connectivity index (χ3n) is 0.921. The summed E-state index contributed by atoms with van der Waals surface area (Å²) in [5.74, 6) is -0.394. The van der Waals surface area contributed by atoms with Crippen LogP contribution in [0.4, 0.5) is 4.79 Å². The van der Waals surface area contributed by atoms with E-state index in [2.05, 4.69) is 4.99 Å². The Kier molecular flexibility index (Phi) is 2.15. The molecule has 1 heterocycles. The van der Waals surface area contributed by atoms with Crippen LogP contribution in [-0.2, 0) is 4.79 Å². The molecule has 0 aromatic carbocycles. The van der Waals surface area contributed by atoms with Crippen molar-refractivity contribution < 1.29 is 9.59 Å². The molecule has 0 fully saturated rings. The van der Waals surface area contributed by atoms with Gasteiger partial charge in [0.2, 0.25) is 0 Å². The van der Waals surface area contributed by atoms with Crippen LogP contribution in [0.2, 0.25) is 0 Å². The summed E-state index contributed by atoms with van der Waals surface area (Å²) < 4.78 is 1.56. The van der Waals surface area contributed by atoms with Crippen molar-refractivity contribution in [2.45, 2.75) is 0 Å². The molecule has 0 saturated heterocycles. The maximum absolute atomic E-state index is 10.7. The van der Waals surface area contributed by atoms with Crippen LogP contribution in [0.25, 0.3) is 0 Å². The van der Waals surface area contributed by atoms with Crippen LogP contribution >= 0.6 is 22.6 Å². The molecule has 0 unspecified atom stereocenters. The van der Waals surface area contributed by atoms with E-state index >= 15 is 0 Å². The molecular formula is C5H3IN2O2. The SMILES string of the molecule is O=C1N=CC(=CI)C(=O)N1. The predicted molar refractivity (Wildman–Crippen MR) is 44.1 cm³/mol. The molecule has 5 heteroatoms. The average molecular weight is 250 g/mol. The lowest BCUT2D eigenvalue weighted by Crippen LogP contribution is -2.33. The summed E-state index contributed by atoms with van der Waals surface area (Å²) in [6, 6.07) is -0.605. The standard InChI is InChI=1S/C5H3IN2O2/c6-1-3-2-7-5(10)8-4(3)9/h1-2H,(H,8,9,10). The van der Waals surface area contributed by atoms with E-state index in [4.69, 9.17) is 0 Å². The molecule has 1 aliphatic rings. The second-order valence-electron chi connectivity index (χ2n) is 1.58. The first-order valence-electron chi connectivity index (χ1n) is 2.44. The molecule has 0 spiro atoms. The van der Waals surface area contributed by atoms with Gasteiger partial charge in [0.15, 0.2) is 0 Å². The van der Waals surface area contributed by atoms with Gasteiger partial charge in [-0.25, -0.2) is 9.79 Å². The summed E-state index contributed by atoms with van der Waals surface area (Å²) >= 11 is 1.90. The van der Waals surface area contributed by atoms with E-state index in [1.165, 1.54) is 6.21 Å². The van der Waals surface area contributed by atoms with Crippen molar-refractivity contribution in [3.63, 3.8) is 0 Å². The van der Waals surface area contributed by atoms with E-state index in [1.54, 1.807) is 4.08 Å². The summed E-state index contributed by atoms with van der Waals surface area (Å²) in [5, 5.41) is 2.03. The van der Waals surface area contributed by atoms with Crippen molar-refractivity contribution in [2.75, 3.05) is 0 Å². The minimum absolute atomic E-state index is 0.394. The number of halogens is 1. The fraction of sp³-hybridized carbons (Fsp3) is 0. The summed E-state index contributed by atoms with van der Waals surface area (Å²) in [5.41, 5.74) is 0.403. The lowest BCUT2D eigenvalue weighted by atomic mass is 10.3. The monoisotopic (exact) mass is 250 g/mol. The van der Waals surface area contributed by atoms with Crippen LogP contribution in [0.15, 0.2) is 14.6 Å². The van der Waals surface area contributed by atoms with E-state index < -0.39 is 11.9 Å². The fourth-order valence-electron chi connectivity index (χ4n) is 0.466. The highest BCUT2D eigenvalue weighted by atomic mass is 127. The van der Waals surface area contributed by atoms with Crippen LogP contribution < -0.4 is 5.32 Å². The van der Waals surface area contributed by atoms with Gasteiger partial charge in [0.25, 0.3) is 5.91 Å². The molecule has 0 saturated carbocycles. The van der Waals surface area contributed by atoms with Gasteiger partial charge in [-0.1, -0.05) is 22.6 Å². The highest BCUT2D eigenvalue weighted by molar-refractivity contribution is 14.1. The third kappa shape index (κ3) is 1.41. The third-order valence-corrected chi connectivity index (χ3v) is 1.59. The molecule has 0 aromatic rings. The average Bonchev–Trinajstić information content (AvgIpc) is 1.88. The molecule has 1 rings (SSSR count). The van der Waals surface area contributed by atoms with Gasteiger partial charge in [-0.2, -0.15) is 0 Å². The number of carbonyl (C=O) groups is 2. The van der Waals surface area contributed by atoms with Crippen molar-refractivity contribution in [1.82, 2.24) is 5.32 Å². The van der Waals surface area contributed by atoms with Gasteiger partial charge in [-0.3, -0.25) is 10.1 Å². The molecule has 52 valence electrons. The fourth-order valence-corrected chi connectivity index (χ4v) is 0.910. The largest absolute Gasteiger partial charge is 0.347 e. The van der Waals surface area contributed by atoms with Gasteiger partial charge in [-0.15, -0.1) is 0 Å². The normalized spacial score (nSPS) is 21.5. The highest BCUT2D eigenvalue weighted by Crippen LogP contribution is 2.00. The van der Waals surface area contributed by atoms with E-state index in [0.717, 1.165) is 0 Å². The first-order chi connectivity index (χ1) is 4.74. The second kappa shape index (κ2) is 2.91. The van der Waals surface area contributed by atoms with Crippen LogP contribution in [0.1, 0.15) is 0 Å². The number of nitrogens with one attached hydrogen (secondary N) is 1. The number of aliphatic imine (C=N–C) groups is 1. The van der Waals surface area contributed by atoms with Crippen molar-refractivity contribution in [3.8, 4) is 0 Å². The molecule has 0 radical (unpaired) electrons. The summed E-state index contributed by atoms with van der Waals surface area (Å²) in [6.07, 6.45) is 1.24. The summed E-state index contributed by atoms with van der Waals surface area (Å²) in [6.45, 7) is 0. The smallest absolute Gasteiger partial charge is 0.272 e. The van der Waals surface area contributed by atoms with E-state index in [1.807, 2.05) is 27.9 Å². The van der Waals surface area contributed by atoms with Crippen LogP contribution in [-0.4, -0.2) is 18.2 Å². The Hall–Kier alpha value is -0.720. The molecule has 0 bridgehead atoms. The van der Waals surface area contributed by atoms with E-state index in [0.29, 0.717) is 5.57 Å². The van der Waals surface area contributed by atoms with Gasteiger partial charge >= 0.3 is 6.03 Å². The second-order valence-corrected chi connectivity index (χ2v) is 2.20. The van der Waals surface area contributed by atoms with Crippen LogP contribution in [0, 0.1) is 0 Å². The Labute approximate surface area is 70.5 Å². The minimum atomic E-state index is -0.605. The molecule has 0 atom stereocenters. The lowest BCUT2D eigenvalue weighted by molar-refractivity contribution is -0.116. The zero-order valence-electron chi connectivity index (χ0n) is 4.80. The van der Waals surface area contributed by atoms with Crippen molar-refractivity contribution in [1.29, 1.82) is 0 Å². The number of hydrogen-bond acceptors (Lipinski definition) is 2. The van der Waals surface area contributed by atoms with Gasteiger partial charge in [-0.05, 0) is 4.08 Å². The zero-order chi connectivity index (χ0) is 7.56. The maximum atomic E-state index is 10.7. The van der Waals surface area contributed by atoms with Crippen molar-refractivity contribution >= 4 is 40.7 Å². The quantitative estimate of drug-likeness (QED) is 0.506. The molecule has 4 nitrogen and oxygen atoms in total. The highest BCUT2D eigenvalue weighted by Gasteiger charge is 2.14. The molecule has 1 N–H and O–H groups in total. The number of imide groups is 1. The number of rotatable bonds is 0. The molecule has 0 aliphatic carbocycles. The Balaban J connectivity index is 2.93. The summed E-state index contributed by atoms with van der Waals surface area (Å²) in [4.78, 5) is 24.5. The number of carbonyl (C=O) groups excluding carboxylic acids is 2. The van der Waals surface area contributed by atoms with E-state index in [-0.39, 0.29) is 0 Å². The molecule has 1 aliphatic heterocycles. The van der Waals surface area contributed by atoms with Crippen molar-refractivity contribution in [3.05, 3.63) is 9.66 Å². The molecular weight excluding hydrogens is 247 g/mol. The molecule has 0 aromatic heterocycles. The topological polar surface area (TPSA) is 58.5 Å². The van der Waals surface area contributed by atoms with Gasteiger partial charge in [0.05, 0.1) is 5.57 Å². The Morgan fingerprint density at radius 2 is 2.30 bits per heavy atom. The van der Waals surface area contributed by atoms with Gasteiger partial charge in [0, 0.05) is 6.21 Å². The maximum Gasteiger partial charge on any atom is 0.347 e. The zero-order valence-corrected chi connectivity index (χ0v) is 6.95. The minimum Gasteiger partial charge on any atom is -0.272 e. The Morgan fingerprint density at radius 3 is 2.80 bits per heavy atom. The summed E-state index contributed by atoms with van der Waals surface area (Å²) in [7, 11) is 0. The number of amides is 3. The van der Waals surface area contributed by atoms with Crippen molar-refractivity contribution in [2.24, 2.45) is 4.99 Å².